The van der Waals surface area contributed by atoms with Crippen molar-refractivity contribution in [1.82, 2.24) is 5.06 Å². The van der Waals surface area contributed by atoms with Crippen LogP contribution in [-0.4, -0.2) is 30.7 Å². The fraction of sp³-hybridized carbons (Fsp3) is 0.500. The summed E-state index contributed by atoms with van der Waals surface area (Å²) in [5, 5.41) is 5.18. The fourth-order valence-corrected chi connectivity index (χ4v) is 2.32. The van der Waals surface area contributed by atoms with Gasteiger partial charge in [0.1, 0.15) is 0 Å². The van der Waals surface area contributed by atoms with E-state index in [0.717, 1.165) is 39.0 Å². The van der Waals surface area contributed by atoms with E-state index in [2.05, 4.69) is 5.32 Å². The third-order valence-corrected chi connectivity index (χ3v) is 3.47. The van der Waals surface area contributed by atoms with Crippen molar-refractivity contribution in [3.63, 3.8) is 0 Å². The smallest absolute Gasteiger partial charge is 0.224 e. The summed E-state index contributed by atoms with van der Waals surface area (Å²) in [6.45, 7) is 2.52. The van der Waals surface area contributed by atoms with E-state index in [1.54, 1.807) is 18.2 Å². The van der Waals surface area contributed by atoms with Gasteiger partial charge in [-0.2, -0.15) is 5.06 Å². The number of halogens is 1. The van der Waals surface area contributed by atoms with Crippen molar-refractivity contribution in [2.75, 3.05) is 30.7 Å². The van der Waals surface area contributed by atoms with Crippen LogP contribution in [0.15, 0.2) is 18.2 Å². The van der Waals surface area contributed by atoms with Crippen LogP contribution < -0.4 is 11.1 Å². The third kappa shape index (κ3) is 4.67. The Labute approximate surface area is 124 Å². The molecule has 0 atom stereocenters. The van der Waals surface area contributed by atoms with Crippen molar-refractivity contribution in [3.8, 4) is 0 Å². The highest BCUT2D eigenvalue weighted by Crippen LogP contribution is 2.24. The van der Waals surface area contributed by atoms with Gasteiger partial charge in [-0.1, -0.05) is 11.6 Å². The summed E-state index contributed by atoms with van der Waals surface area (Å²) in [5.41, 5.74) is 6.78. The lowest BCUT2D eigenvalue weighted by Crippen LogP contribution is -2.31. The lowest BCUT2D eigenvalue weighted by atomic mass is 10.2. The Morgan fingerprint density at radius 3 is 3.00 bits per heavy atom. The Morgan fingerprint density at radius 1 is 1.45 bits per heavy atom. The maximum atomic E-state index is 11.8. The van der Waals surface area contributed by atoms with Gasteiger partial charge >= 0.3 is 0 Å². The highest BCUT2D eigenvalue weighted by Gasteiger charge is 2.11. The molecular formula is C14H20ClN3O2. The van der Waals surface area contributed by atoms with Gasteiger partial charge in [0.2, 0.25) is 5.91 Å². The second kappa shape index (κ2) is 7.47. The van der Waals surface area contributed by atoms with Crippen LogP contribution in [0.25, 0.3) is 0 Å². The van der Waals surface area contributed by atoms with Gasteiger partial charge in [-0.05, 0) is 37.5 Å². The maximum Gasteiger partial charge on any atom is 0.224 e. The molecule has 1 heterocycles. The molecule has 0 aliphatic carbocycles. The first-order valence-corrected chi connectivity index (χ1v) is 7.26. The number of nitrogens with one attached hydrogen (secondary N) is 1. The number of hydroxylamine groups is 2. The number of benzene rings is 1. The summed E-state index contributed by atoms with van der Waals surface area (Å²) < 4.78 is 0. The van der Waals surface area contributed by atoms with Gasteiger partial charge in [0.15, 0.2) is 0 Å². The van der Waals surface area contributed by atoms with Crippen LogP contribution in [0.4, 0.5) is 11.4 Å². The monoisotopic (exact) mass is 297 g/mol. The van der Waals surface area contributed by atoms with Crippen molar-refractivity contribution < 1.29 is 9.63 Å². The highest BCUT2D eigenvalue weighted by atomic mass is 35.5. The van der Waals surface area contributed by atoms with Crippen LogP contribution in [0.3, 0.4) is 0 Å². The molecule has 1 saturated heterocycles. The highest BCUT2D eigenvalue weighted by molar-refractivity contribution is 6.34. The van der Waals surface area contributed by atoms with Gasteiger partial charge in [-0.25, -0.2) is 0 Å². The van der Waals surface area contributed by atoms with Crippen molar-refractivity contribution in [1.29, 1.82) is 0 Å². The average molecular weight is 298 g/mol. The number of rotatable bonds is 5. The lowest BCUT2D eigenvalue weighted by molar-refractivity contribution is -0.180. The number of amides is 1. The van der Waals surface area contributed by atoms with Gasteiger partial charge in [-0.15, -0.1) is 0 Å². The molecule has 1 aliphatic rings. The number of hydrogen-bond donors (Lipinski definition) is 2. The number of carbonyl (C=O) groups is 1. The Bertz CT molecular complexity index is 462. The lowest BCUT2D eigenvalue weighted by Gasteiger charge is -2.25. The number of nitrogens with two attached hydrogens (primary N) is 1. The number of carbonyl (C=O) groups excluding carboxylic acids is 1. The Hall–Kier alpha value is -1.30. The molecule has 0 unspecified atom stereocenters. The molecule has 20 heavy (non-hydrogen) atoms. The normalized spacial score (nSPS) is 16.1. The van der Waals surface area contributed by atoms with E-state index in [-0.39, 0.29) is 5.91 Å². The van der Waals surface area contributed by atoms with E-state index in [1.165, 1.54) is 0 Å². The van der Waals surface area contributed by atoms with Gasteiger partial charge in [0.25, 0.3) is 0 Å². The molecule has 0 bridgehead atoms. The first kappa shape index (κ1) is 15.1. The van der Waals surface area contributed by atoms with Crippen molar-refractivity contribution in [2.45, 2.75) is 25.7 Å². The number of hydrogen-bond acceptors (Lipinski definition) is 4. The SMILES string of the molecule is Nc1ccc(NC(=O)CCCN2CCCCO2)c(Cl)c1. The van der Waals surface area contributed by atoms with E-state index in [4.69, 9.17) is 22.2 Å². The van der Waals surface area contributed by atoms with Gasteiger partial charge in [0.05, 0.1) is 17.3 Å². The topological polar surface area (TPSA) is 67.6 Å². The second-order valence-corrected chi connectivity index (χ2v) is 5.27. The second-order valence-electron chi connectivity index (χ2n) is 4.86. The molecule has 6 heteroatoms. The number of nitrogens with zero attached hydrogens (tertiary/aromatic N) is 1. The summed E-state index contributed by atoms with van der Waals surface area (Å²) in [6.07, 6.45) is 3.48. The van der Waals surface area contributed by atoms with Crippen molar-refractivity contribution in [2.24, 2.45) is 0 Å². The fourth-order valence-electron chi connectivity index (χ4n) is 2.09. The molecule has 0 radical (unpaired) electrons. The first-order chi connectivity index (χ1) is 9.65. The molecule has 1 aliphatic heterocycles. The Morgan fingerprint density at radius 2 is 2.30 bits per heavy atom. The Balaban J connectivity index is 1.72. The molecule has 0 saturated carbocycles. The van der Waals surface area contributed by atoms with Gasteiger partial charge in [0, 0.05) is 25.2 Å². The minimum atomic E-state index is -0.0475. The molecule has 0 aromatic heterocycles. The average Bonchev–Trinajstić information content (AvgIpc) is 2.43. The van der Waals surface area contributed by atoms with Crippen molar-refractivity contribution >= 4 is 28.9 Å². The van der Waals surface area contributed by atoms with Crippen LogP contribution >= 0.6 is 11.6 Å². The van der Waals surface area contributed by atoms with Crippen LogP contribution in [-0.2, 0) is 9.63 Å². The number of anilines is 2. The van der Waals surface area contributed by atoms with Crippen LogP contribution in [0.1, 0.15) is 25.7 Å². The maximum absolute atomic E-state index is 11.8. The van der Waals surface area contributed by atoms with Crippen LogP contribution in [0, 0.1) is 0 Å². The van der Waals surface area contributed by atoms with E-state index in [9.17, 15) is 4.79 Å². The van der Waals surface area contributed by atoms with Gasteiger partial charge in [-0.3, -0.25) is 9.63 Å². The minimum absolute atomic E-state index is 0.0475. The zero-order chi connectivity index (χ0) is 14.4. The molecular weight excluding hydrogens is 278 g/mol. The van der Waals surface area contributed by atoms with E-state index in [1.807, 2.05) is 5.06 Å². The first-order valence-electron chi connectivity index (χ1n) is 6.88. The molecule has 1 amide bonds. The van der Waals surface area contributed by atoms with E-state index < -0.39 is 0 Å². The molecule has 2 rings (SSSR count). The van der Waals surface area contributed by atoms with E-state index >= 15 is 0 Å². The summed E-state index contributed by atoms with van der Waals surface area (Å²) in [5.74, 6) is -0.0475. The van der Waals surface area contributed by atoms with E-state index in [0.29, 0.717) is 22.8 Å². The summed E-state index contributed by atoms with van der Waals surface area (Å²) in [4.78, 5) is 17.3. The minimum Gasteiger partial charge on any atom is -0.399 e. The van der Waals surface area contributed by atoms with Crippen molar-refractivity contribution in [3.05, 3.63) is 23.2 Å². The van der Waals surface area contributed by atoms with Crippen LogP contribution in [0.5, 0.6) is 0 Å². The van der Waals surface area contributed by atoms with Gasteiger partial charge < -0.3 is 11.1 Å². The van der Waals surface area contributed by atoms with Crippen LogP contribution in [0.2, 0.25) is 5.02 Å². The third-order valence-electron chi connectivity index (χ3n) is 3.15. The molecule has 3 N–H and O–H groups in total. The quantitative estimate of drug-likeness (QED) is 0.820. The summed E-state index contributed by atoms with van der Waals surface area (Å²) >= 11 is 6.01. The summed E-state index contributed by atoms with van der Waals surface area (Å²) in [7, 11) is 0. The molecule has 1 fully saturated rings. The Kier molecular flexibility index (Phi) is 5.64. The largest absolute Gasteiger partial charge is 0.399 e. The zero-order valence-electron chi connectivity index (χ0n) is 11.4. The standard InChI is InChI=1S/C14H20ClN3O2/c15-12-10-11(16)5-6-13(12)17-14(19)4-3-8-18-7-1-2-9-20-18/h5-6,10H,1-4,7-9,16H2,(H,17,19). The summed E-state index contributed by atoms with van der Waals surface area (Å²) in [6, 6.07) is 5.05. The zero-order valence-corrected chi connectivity index (χ0v) is 12.2. The molecule has 5 nitrogen and oxygen atoms in total. The molecule has 1 aromatic rings. The molecule has 1 aromatic carbocycles. The number of nitrogen functional groups attached to an aromatic ring is 1. The predicted octanol–water partition coefficient (Wildman–Crippen LogP) is 2.67. The predicted molar refractivity (Wildman–Crippen MR) is 80.5 cm³/mol. The molecule has 110 valence electrons. The molecule has 0 spiro atoms.